The van der Waals surface area contributed by atoms with Gasteiger partial charge in [-0.05, 0) is 25.7 Å². The van der Waals surface area contributed by atoms with Crippen molar-refractivity contribution in [1.29, 1.82) is 5.26 Å². The average Bonchev–Trinajstić information content (AvgIpc) is 2.46. The molecule has 1 rings (SSSR count). The van der Waals surface area contributed by atoms with Crippen LogP contribution in [-0.4, -0.2) is 12.6 Å². The van der Waals surface area contributed by atoms with E-state index in [0.29, 0.717) is 12.5 Å². The predicted octanol–water partition coefficient (Wildman–Crippen LogP) is 2.85. The largest absolute Gasteiger partial charge is 0.313 e. The summed E-state index contributed by atoms with van der Waals surface area (Å²) in [7, 11) is 0. The first-order chi connectivity index (χ1) is 6.84. The van der Waals surface area contributed by atoms with E-state index in [1.807, 2.05) is 0 Å². The first-order valence-electron chi connectivity index (χ1n) is 5.95. The van der Waals surface area contributed by atoms with E-state index in [1.54, 1.807) is 0 Å². The molecule has 1 aliphatic carbocycles. The molecule has 80 valence electrons. The van der Waals surface area contributed by atoms with Gasteiger partial charge in [-0.3, -0.25) is 0 Å². The zero-order valence-corrected chi connectivity index (χ0v) is 9.26. The van der Waals surface area contributed by atoms with Gasteiger partial charge in [0.15, 0.2) is 0 Å². The van der Waals surface area contributed by atoms with Gasteiger partial charge in [-0.1, -0.05) is 25.7 Å². The molecule has 2 nitrogen and oxygen atoms in total. The summed E-state index contributed by atoms with van der Waals surface area (Å²) in [4.78, 5) is 0. The lowest BCUT2D eigenvalue weighted by Gasteiger charge is -2.23. The van der Waals surface area contributed by atoms with E-state index in [2.05, 4.69) is 18.3 Å². The van der Waals surface area contributed by atoms with Crippen LogP contribution in [0.2, 0.25) is 0 Å². The Labute approximate surface area is 87.7 Å². The number of nitrogens with zero attached hydrogens (tertiary/aromatic N) is 1. The van der Waals surface area contributed by atoms with Gasteiger partial charge in [-0.2, -0.15) is 5.26 Å². The Morgan fingerprint density at radius 3 is 2.50 bits per heavy atom. The highest BCUT2D eigenvalue weighted by Crippen LogP contribution is 2.25. The van der Waals surface area contributed by atoms with Crippen molar-refractivity contribution in [2.45, 2.75) is 57.9 Å². The zero-order chi connectivity index (χ0) is 10.2. The van der Waals surface area contributed by atoms with Gasteiger partial charge in [0.05, 0.1) is 6.07 Å². The molecular formula is C12H22N2. The number of nitrogens with one attached hydrogen (secondary N) is 1. The van der Waals surface area contributed by atoms with Crippen LogP contribution >= 0.6 is 0 Å². The van der Waals surface area contributed by atoms with Gasteiger partial charge in [-0.25, -0.2) is 0 Å². The second kappa shape index (κ2) is 6.84. The smallest absolute Gasteiger partial charge is 0.0635 e. The molecule has 1 atom stereocenters. The minimum absolute atomic E-state index is 0.599. The molecule has 0 bridgehead atoms. The van der Waals surface area contributed by atoms with Crippen LogP contribution in [0, 0.1) is 17.2 Å². The molecule has 0 unspecified atom stereocenters. The van der Waals surface area contributed by atoms with Crippen LogP contribution in [0.15, 0.2) is 0 Å². The zero-order valence-electron chi connectivity index (χ0n) is 9.26. The second-order valence-electron chi connectivity index (χ2n) is 4.40. The van der Waals surface area contributed by atoms with Crippen molar-refractivity contribution in [3.63, 3.8) is 0 Å². The third-order valence-electron chi connectivity index (χ3n) is 3.31. The van der Waals surface area contributed by atoms with E-state index in [9.17, 15) is 0 Å². The summed E-state index contributed by atoms with van der Waals surface area (Å²) in [6.45, 7) is 3.13. The van der Waals surface area contributed by atoms with Gasteiger partial charge in [0.25, 0.3) is 0 Å². The molecule has 1 aliphatic rings. The van der Waals surface area contributed by atoms with E-state index in [0.717, 1.165) is 12.5 Å². The van der Waals surface area contributed by atoms with E-state index >= 15 is 0 Å². The molecule has 0 aromatic heterocycles. The van der Waals surface area contributed by atoms with Crippen molar-refractivity contribution >= 4 is 0 Å². The monoisotopic (exact) mass is 194 g/mol. The fourth-order valence-electron chi connectivity index (χ4n) is 2.33. The molecule has 0 aromatic carbocycles. The van der Waals surface area contributed by atoms with Crippen molar-refractivity contribution < 1.29 is 0 Å². The molecular weight excluding hydrogens is 172 g/mol. The first kappa shape index (κ1) is 11.5. The molecule has 1 saturated carbocycles. The Bertz CT molecular complexity index is 175. The molecule has 0 heterocycles. The first-order valence-corrected chi connectivity index (χ1v) is 5.95. The lowest BCUT2D eigenvalue weighted by Crippen LogP contribution is -2.33. The molecule has 0 aliphatic heterocycles. The minimum Gasteiger partial charge on any atom is -0.313 e. The van der Waals surface area contributed by atoms with Crippen LogP contribution in [0.5, 0.6) is 0 Å². The molecule has 0 saturated heterocycles. The molecule has 0 radical (unpaired) electrons. The third-order valence-corrected chi connectivity index (χ3v) is 3.31. The van der Waals surface area contributed by atoms with Gasteiger partial charge in [0.1, 0.15) is 0 Å². The molecule has 0 aromatic rings. The van der Waals surface area contributed by atoms with E-state index < -0.39 is 0 Å². The van der Waals surface area contributed by atoms with Gasteiger partial charge in [0, 0.05) is 19.0 Å². The van der Waals surface area contributed by atoms with Crippen LogP contribution < -0.4 is 5.32 Å². The highest BCUT2D eigenvalue weighted by Gasteiger charge is 2.17. The van der Waals surface area contributed by atoms with Crippen molar-refractivity contribution in [3.8, 4) is 6.07 Å². The quantitative estimate of drug-likeness (QED) is 0.552. The van der Waals surface area contributed by atoms with E-state index in [4.69, 9.17) is 5.26 Å². The van der Waals surface area contributed by atoms with Crippen LogP contribution in [0.4, 0.5) is 0 Å². The van der Waals surface area contributed by atoms with Gasteiger partial charge in [-0.15, -0.1) is 0 Å². The number of rotatable bonds is 4. The van der Waals surface area contributed by atoms with Crippen LogP contribution in [0.25, 0.3) is 0 Å². The maximum atomic E-state index is 8.44. The SMILES string of the molecule is C[C@H](NCCC#N)C1CCCCCC1. The Kier molecular flexibility index (Phi) is 5.63. The fraction of sp³-hybridized carbons (Fsp3) is 0.917. The summed E-state index contributed by atoms with van der Waals surface area (Å²) < 4.78 is 0. The number of hydrogen-bond donors (Lipinski definition) is 1. The molecule has 0 amide bonds. The topological polar surface area (TPSA) is 35.8 Å². The lowest BCUT2D eigenvalue weighted by atomic mass is 9.93. The van der Waals surface area contributed by atoms with Gasteiger partial charge in [0.2, 0.25) is 0 Å². The van der Waals surface area contributed by atoms with Crippen molar-refractivity contribution in [2.24, 2.45) is 5.92 Å². The number of hydrogen-bond acceptors (Lipinski definition) is 2. The summed E-state index contributed by atoms with van der Waals surface area (Å²) in [5, 5.41) is 11.9. The van der Waals surface area contributed by atoms with Crippen molar-refractivity contribution in [2.75, 3.05) is 6.54 Å². The molecule has 0 spiro atoms. The van der Waals surface area contributed by atoms with E-state index in [1.165, 1.54) is 38.5 Å². The summed E-state index contributed by atoms with van der Waals surface area (Å²) in [6.07, 6.45) is 9.02. The summed E-state index contributed by atoms with van der Waals surface area (Å²) in [5.41, 5.74) is 0. The van der Waals surface area contributed by atoms with Gasteiger partial charge >= 0.3 is 0 Å². The highest BCUT2D eigenvalue weighted by molar-refractivity contribution is 4.77. The van der Waals surface area contributed by atoms with Crippen LogP contribution in [0.1, 0.15) is 51.9 Å². The van der Waals surface area contributed by atoms with Gasteiger partial charge < -0.3 is 5.32 Å². The van der Waals surface area contributed by atoms with Crippen LogP contribution in [0.3, 0.4) is 0 Å². The molecule has 1 N–H and O–H groups in total. The average molecular weight is 194 g/mol. The Hall–Kier alpha value is -0.550. The summed E-state index contributed by atoms with van der Waals surface area (Å²) in [6, 6.07) is 2.77. The number of nitriles is 1. The predicted molar refractivity (Wildman–Crippen MR) is 58.9 cm³/mol. The third kappa shape index (κ3) is 4.11. The standard InChI is InChI=1S/C12H22N2/c1-11(14-10-6-9-13)12-7-4-2-3-5-8-12/h11-12,14H,2-8,10H2,1H3/t11-/m0/s1. The maximum Gasteiger partial charge on any atom is 0.0635 e. The second-order valence-corrected chi connectivity index (χ2v) is 4.40. The van der Waals surface area contributed by atoms with Crippen molar-refractivity contribution in [3.05, 3.63) is 0 Å². The molecule has 1 fully saturated rings. The Morgan fingerprint density at radius 1 is 1.29 bits per heavy atom. The normalized spacial score (nSPS) is 21.1. The fourth-order valence-corrected chi connectivity index (χ4v) is 2.33. The summed E-state index contributed by atoms with van der Waals surface area (Å²) >= 11 is 0. The van der Waals surface area contributed by atoms with E-state index in [-0.39, 0.29) is 0 Å². The minimum atomic E-state index is 0.599. The lowest BCUT2D eigenvalue weighted by molar-refractivity contribution is 0.340. The van der Waals surface area contributed by atoms with Crippen molar-refractivity contribution in [1.82, 2.24) is 5.32 Å². The summed E-state index contributed by atoms with van der Waals surface area (Å²) in [5.74, 6) is 0.844. The van der Waals surface area contributed by atoms with Crippen LogP contribution in [-0.2, 0) is 0 Å². The maximum absolute atomic E-state index is 8.44. The Morgan fingerprint density at radius 2 is 1.93 bits per heavy atom. The Balaban J connectivity index is 2.20. The molecule has 2 heteroatoms. The highest BCUT2D eigenvalue weighted by atomic mass is 14.9. The molecule has 14 heavy (non-hydrogen) atoms.